The summed E-state index contributed by atoms with van der Waals surface area (Å²) in [6, 6.07) is -0.386. The van der Waals surface area contributed by atoms with E-state index in [1.165, 1.54) is 0 Å². The van der Waals surface area contributed by atoms with Crippen molar-refractivity contribution in [1.82, 2.24) is 9.97 Å². The number of sulfone groups is 1. The topological polar surface area (TPSA) is 141 Å². The van der Waals surface area contributed by atoms with Crippen LogP contribution in [0.5, 0.6) is 0 Å². The summed E-state index contributed by atoms with van der Waals surface area (Å²) >= 11 is 0. The highest BCUT2D eigenvalue weighted by Gasteiger charge is 2.30. The Bertz CT molecular complexity index is 587. The Morgan fingerprint density at radius 2 is 2.28 bits per heavy atom. The quantitative estimate of drug-likeness (QED) is 0.558. The Balaban J connectivity index is 2.23. The van der Waals surface area contributed by atoms with Gasteiger partial charge in [0.05, 0.1) is 16.4 Å². The highest BCUT2D eigenvalue weighted by Crippen LogP contribution is 2.24. The van der Waals surface area contributed by atoms with E-state index < -0.39 is 14.8 Å². The fourth-order valence-electron chi connectivity index (χ4n) is 1.73. The van der Waals surface area contributed by atoms with Crippen LogP contribution in [0.15, 0.2) is 6.20 Å². The summed E-state index contributed by atoms with van der Waals surface area (Å²) in [5.74, 6) is -0.147. The normalized spacial score (nSPS) is 21.7. The Hall–Kier alpha value is -1.97. The molecule has 0 aromatic carbocycles. The summed E-state index contributed by atoms with van der Waals surface area (Å²) in [4.78, 5) is 17.4. The molecule has 0 amide bonds. The van der Waals surface area contributed by atoms with E-state index in [-0.39, 0.29) is 35.0 Å². The molecule has 1 aromatic rings. The maximum absolute atomic E-state index is 11.3. The molecule has 1 aliphatic rings. The first-order valence-electron chi connectivity index (χ1n) is 5.11. The van der Waals surface area contributed by atoms with Gasteiger partial charge in [-0.3, -0.25) is 10.1 Å². The van der Waals surface area contributed by atoms with E-state index in [4.69, 9.17) is 5.73 Å². The van der Waals surface area contributed by atoms with Crippen molar-refractivity contribution in [2.24, 2.45) is 0 Å². The third-order valence-corrected chi connectivity index (χ3v) is 4.33. The second-order valence-corrected chi connectivity index (χ2v) is 6.19. The number of rotatable bonds is 3. The van der Waals surface area contributed by atoms with Gasteiger partial charge in [0.1, 0.15) is 6.20 Å². The number of aromatic nitrogens is 2. The zero-order valence-corrected chi connectivity index (χ0v) is 10.1. The molecule has 2 rings (SSSR count). The Labute approximate surface area is 102 Å². The maximum atomic E-state index is 11.3. The van der Waals surface area contributed by atoms with Crippen molar-refractivity contribution in [1.29, 1.82) is 0 Å². The number of hydrogen-bond acceptors (Lipinski definition) is 8. The minimum Gasteiger partial charge on any atom is -0.368 e. The first kappa shape index (κ1) is 12.5. The van der Waals surface area contributed by atoms with Crippen LogP contribution in [0.3, 0.4) is 0 Å². The van der Waals surface area contributed by atoms with Crippen molar-refractivity contribution in [2.75, 3.05) is 22.6 Å². The molecule has 1 unspecified atom stereocenters. The molecule has 1 saturated heterocycles. The lowest BCUT2D eigenvalue weighted by molar-refractivity contribution is -0.384. The van der Waals surface area contributed by atoms with E-state index >= 15 is 0 Å². The minimum absolute atomic E-state index is 0.0467. The van der Waals surface area contributed by atoms with Crippen molar-refractivity contribution < 1.29 is 13.3 Å². The molecule has 18 heavy (non-hydrogen) atoms. The summed E-state index contributed by atoms with van der Waals surface area (Å²) in [6.45, 7) is 0. The molecular weight excluding hydrogens is 262 g/mol. The van der Waals surface area contributed by atoms with Crippen LogP contribution in [0.4, 0.5) is 17.5 Å². The molecule has 0 spiro atoms. The van der Waals surface area contributed by atoms with Crippen LogP contribution in [0.2, 0.25) is 0 Å². The van der Waals surface area contributed by atoms with Gasteiger partial charge in [0.15, 0.2) is 9.84 Å². The third-order valence-electron chi connectivity index (χ3n) is 2.56. The highest BCUT2D eigenvalue weighted by molar-refractivity contribution is 7.91. The van der Waals surface area contributed by atoms with Crippen LogP contribution < -0.4 is 11.1 Å². The molecule has 0 aliphatic carbocycles. The predicted octanol–water partition coefficient (Wildman–Crippen LogP) is -0.434. The lowest BCUT2D eigenvalue weighted by Crippen LogP contribution is -2.22. The molecule has 1 fully saturated rings. The second-order valence-electron chi connectivity index (χ2n) is 3.96. The van der Waals surface area contributed by atoms with Gasteiger partial charge in [-0.1, -0.05) is 0 Å². The number of nitrogen functional groups attached to an aromatic ring is 1. The summed E-state index contributed by atoms with van der Waals surface area (Å²) in [5, 5.41) is 13.5. The van der Waals surface area contributed by atoms with Gasteiger partial charge in [0, 0.05) is 6.04 Å². The number of nitrogens with zero attached hydrogens (tertiary/aromatic N) is 3. The van der Waals surface area contributed by atoms with Crippen LogP contribution in [0, 0.1) is 10.1 Å². The molecule has 1 aromatic heterocycles. The fraction of sp³-hybridized carbons (Fsp3) is 0.500. The summed E-state index contributed by atoms with van der Waals surface area (Å²) in [6.07, 6.45) is 1.39. The van der Waals surface area contributed by atoms with Crippen molar-refractivity contribution in [2.45, 2.75) is 12.5 Å². The van der Waals surface area contributed by atoms with Gasteiger partial charge < -0.3 is 11.1 Å². The zero-order valence-electron chi connectivity index (χ0n) is 9.24. The predicted molar refractivity (Wildman–Crippen MR) is 63.8 cm³/mol. The largest absolute Gasteiger partial charge is 0.368 e. The first-order valence-corrected chi connectivity index (χ1v) is 6.93. The molecular formula is C8H11N5O4S. The molecule has 10 heteroatoms. The van der Waals surface area contributed by atoms with Crippen LogP contribution in [0.1, 0.15) is 6.42 Å². The van der Waals surface area contributed by atoms with Crippen LogP contribution >= 0.6 is 0 Å². The molecule has 98 valence electrons. The molecule has 1 atom stereocenters. The Kier molecular flexibility index (Phi) is 3.03. The number of nitrogens with one attached hydrogen (secondary N) is 1. The van der Waals surface area contributed by atoms with E-state index in [1.54, 1.807) is 0 Å². The van der Waals surface area contributed by atoms with Crippen molar-refractivity contribution >= 4 is 27.3 Å². The molecule has 9 nitrogen and oxygen atoms in total. The smallest absolute Gasteiger partial charge is 0.329 e. The Morgan fingerprint density at radius 1 is 1.56 bits per heavy atom. The first-order chi connectivity index (χ1) is 8.37. The third kappa shape index (κ3) is 2.64. The average Bonchev–Trinajstić information content (AvgIpc) is 2.57. The van der Waals surface area contributed by atoms with Gasteiger partial charge in [-0.25, -0.2) is 13.4 Å². The van der Waals surface area contributed by atoms with Crippen LogP contribution in [-0.4, -0.2) is 40.9 Å². The molecule has 0 bridgehead atoms. The van der Waals surface area contributed by atoms with Gasteiger partial charge in [-0.2, -0.15) is 4.98 Å². The van der Waals surface area contributed by atoms with Gasteiger partial charge in [-0.15, -0.1) is 0 Å². The van der Waals surface area contributed by atoms with Gasteiger partial charge in [-0.05, 0) is 6.42 Å². The van der Waals surface area contributed by atoms with Gasteiger partial charge >= 0.3 is 5.69 Å². The molecule has 0 saturated carbocycles. The highest BCUT2D eigenvalue weighted by atomic mass is 32.2. The lowest BCUT2D eigenvalue weighted by atomic mass is 10.2. The summed E-state index contributed by atoms with van der Waals surface area (Å²) < 4.78 is 22.6. The Morgan fingerprint density at radius 3 is 2.83 bits per heavy atom. The zero-order chi connectivity index (χ0) is 13.3. The molecule has 1 aliphatic heterocycles. The van der Waals surface area contributed by atoms with Crippen molar-refractivity contribution in [3.05, 3.63) is 16.3 Å². The monoisotopic (exact) mass is 273 g/mol. The SMILES string of the molecule is Nc1ncc([N+](=O)[O-])c(NC2CCS(=O)(=O)C2)n1. The van der Waals surface area contributed by atoms with E-state index in [2.05, 4.69) is 15.3 Å². The number of hydrogen-bond donors (Lipinski definition) is 2. The summed E-state index contributed by atoms with van der Waals surface area (Å²) in [5.41, 5.74) is 5.03. The second kappa shape index (κ2) is 4.37. The van der Waals surface area contributed by atoms with E-state index in [1.807, 2.05) is 0 Å². The number of nitro groups is 1. The van der Waals surface area contributed by atoms with Crippen LogP contribution in [0.25, 0.3) is 0 Å². The van der Waals surface area contributed by atoms with Crippen molar-refractivity contribution in [3.8, 4) is 0 Å². The standard InChI is InChI=1S/C8H11N5O4S/c9-8-10-3-6(13(14)15)7(12-8)11-5-1-2-18(16,17)4-5/h3,5H,1-2,4H2,(H3,9,10,11,12). The average molecular weight is 273 g/mol. The molecule has 3 N–H and O–H groups in total. The minimum atomic E-state index is -3.07. The van der Waals surface area contributed by atoms with Crippen molar-refractivity contribution in [3.63, 3.8) is 0 Å². The van der Waals surface area contributed by atoms with E-state index in [0.717, 1.165) is 6.20 Å². The maximum Gasteiger partial charge on any atom is 0.329 e. The van der Waals surface area contributed by atoms with Gasteiger partial charge in [0.25, 0.3) is 0 Å². The fourth-order valence-corrected chi connectivity index (χ4v) is 3.40. The molecule has 0 radical (unpaired) electrons. The van der Waals surface area contributed by atoms with Crippen LogP contribution in [-0.2, 0) is 9.84 Å². The van der Waals surface area contributed by atoms with Gasteiger partial charge in [0.2, 0.25) is 11.8 Å². The number of anilines is 2. The van der Waals surface area contributed by atoms with E-state index in [0.29, 0.717) is 6.42 Å². The summed E-state index contributed by atoms with van der Waals surface area (Å²) in [7, 11) is -3.07. The lowest BCUT2D eigenvalue weighted by Gasteiger charge is -2.11. The molecule has 2 heterocycles. The number of nitrogens with two attached hydrogens (primary N) is 1. The van der Waals surface area contributed by atoms with E-state index in [9.17, 15) is 18.5 Å².